The van der Waals surface area contributed by atoms with Crippen LogP contribution in [0.2, 0.25) is 0 Å². The Morgan fingerprint density at radius 1 is 0.314 bits per heavy atom. The summed E-state index contributed by atoms with van der Waals surface area (Å²) in [7, 11) is 0. The van der Waals surface area contributed by atoms with Gasteiger partial charge in [0, 0.05) is 56.7 Å². The van der Waals surface area contributed by atoms with Gasteiger partial charge in [0.15, 0.2) is 0 Å². The predicted molar refractivity (Wildman–Crippen MR) is 226 cm³/mol. The molecule has 0 aliphatic heterocycles. The summed E-state index contributed by atoms with van der Waals surface area (Å²) in [6, 6.07) is 37.1. The molecule has 0 N–H and O–H groups in total. The molecular weight excluding hydrogens is 697 g/mol. The summed E-state index contributed by atoms with van der Waals surface area (Å²) in [4.78, 5) is 0. The van der Waals surface area contributed by atoms with Crippen molar-refractivity contribution >= 4 is 89.0 Å². The first-order valence-electron chi connectivity index (χ1n) is 17.5. The molecule has 0 unspecified atom stereocenters. The molecule has 6 aromatic heterocycles. The molecule has 0 aliphatic carbocycles. The standard InChI is InChI=1S/C45H34N2S4/c1(2-16-46-42-8-4-30(34-12-18-48-26-34)22-38(42)39-23-31(5-9-43(39)46)35-13-19-49-27-35)3-17-47-44-10-6-32(36-14-20-50-28-36)24-40(44)41-25-33(7-11-45(41)47)37-15-21-51-29-37/h4-15,18-29H,1-3,16-17H2. The second kappa shape index (κ2) is 13.1. The highest BCUT2D eigenvalue weighted by Crippen LogP contribution is 2.38. The molecule has 0 fully saturated rings. The van der Waals surface area contributed by atoms with Crippen molar-refractivity contribution in [3.8, 4) is 44.5 Å². The largest absolute Gasteiger partial charge is 0.340 e. The zero-order valence-corrected chi connectivity index (χ0v) is 31.2. The number of aryl methyl sites for hydroxylation is 2. The maximum atomic E-state index is 2.57. The van der Waals surface area contributed by atoms with Crippen LogP contribution >= 0.6 is 45.3 Å². The van der Waals surface area contributed by atoms with Crippen LogP contribution in [-0.4, -0.2) is 9.13 Å². The van der Waals surface area contributed by atoms with E-state index in [2.05, 4.69) is 149 Å². The lowest BCUT2D eigenvalue weighted by Gasteiger charge is -2.10. The molecule has 51 heavy (non-hydrogen) atoms. The van der Waals surface area contributed by atoms with Gasteiger partial charge in [0.25, 0.3) is 0 Å². The zero-order valence-electron chi connectivity index (χ0n) is 27.9. The van der Waals surface area contributed by atoms with E-state index in [9.17, 15) is 0 Å². The van der Waals surface area contributed by atoms with E-state index in [0.29, 0.717) is 0 Å². The van der Waals surface area contributed by atoms with Crippen LogP contribution in [0.5, 0.6) is 0 Å². The average molecular weight is 731 g/mol. The van der Waals surface area contributed by atoms with Gasteiger partial charge in [-0.2, -0.15) is 45.3 Å². The first-order chi connectivity index (χ1) is 25.3. The molecule has 0 aliphatic rings. The number of benzene rings is 4. The molecule has 0 radical (unpaired) electrons. The summed E-state index contributed by atoms with van der Waals surface area (Å²) in [5, 5.41) is 23.1. The molecule has 0 bridgehead atoms. The lowest BCUT2D eigenvalue weighted by Crippen LogP contribution is -2.01. The number of aromatic nitrogens is 2. The minimum absolute atomic E-state index is 1.01. The van der Waals surface area contributed by atoms with Gasteiger partial charge in [-0.3, -0.25) is 0 Å². The van der Waals surface area contributed by atoms with Crippen molar-refractivity contribution in [3.63, 3.8) is 0 Å². The van der Waals surface area contributed by atoms with Crippen LogP contribution in [0.3, 0.4) is 0 Å². The molecular formula is C45H34N2S4. The van der Waals surface area contributed by atoms with Crippen molar-refractivity contribution in [1.29, 1.82) is 0 Å². The van der Waals surface area contributed by atoms with Crippen molar-refractivity contribution in [2.75, 3.05) is 0 Å². The van der Waals surface area contributed by atoms with Crippen LogP contribution in [0.15, 0.2) is 140 Å². The summed E-state index contributed by atoms with van der Waals surface area (Å²) < 4.78 is 5.13. The maximum absolute atomic E-state index is 2.57. The minimum atomic E-state index is 1.01. The molecule has 10 rings (SSSR count). The lowest BCUT2D eigenvalue weighted by molar-refractivity contribution is 0.570. The highest BCUT2D eigenvalue weighted by Gasteiger charge is 2.16. The van der Waals surface area contributed by atoms with Gasteiger partial charge in [0.2, 0.25) is 0 Å². The molecule has 0 saturated heterocycles. The van der Waals surface area contributed by atoms with Crippen molar-refractivity contribution in [1.82, 2.24) is 9.13 Å². The Kier molecular flexibility index (Phi) is 7.98. The highest BCUT2D eigenvalue weighted by molar-refractivity contribution is 7.09. The lowest BCUT2D eigenvalue weighted by atomic mass is 10.0. The summed E-state index contributed by atoms with van der Waals surface area (Å²) in [5.41, 5.74) is 15.7. The highest BCUT2D eigenvalue weighted by atomic mass is 32.1. The van der Waals surface area contributed by atoms with Gasteiger partial charge >= 0.3 is 0 Å². The fourth-order valence-electron chi connectivity index (χ4n) is 7.84. The third-order valence-corrected chi connectivity index (χ3v) is 13.1. The molecule has 0 amide bonds. The third-order valence-electron chi connectivity index (χ3n) is 10.4. The van der Waals surface area contributed by atoms with Gasteiger partial charge in [-0.25, -0.2) is 0 Å². The fraction of sp³-hybridized carbons (Fsp3) is 0.111. The Balaban J connectivity index is 0.945. The second-order valence-corrected chi connectivity index (χ2v) is 16.5. The van der Waals surface area contributed by atoms with Crippen LogP contribution in [-0.2, 0) is 13.1 Å². The third kappa shape index (κ3) is 5.58. The van der Waals surface area contributed by atoms with Gasteiger partial charge in [0.05, 0.1) is 0 Å². The van der Waals surface area contributed by atoms with Gasteiger partial charge < -0.3 is 9.13 Å². The number of fused-ring (bicyclic) bond motifs is 6. The van der Waals surface area contributed by atoms with Crippen molar-refractivity contribution in [3.05, 3.63) is 140 Å². The normalized spacial score (nSPS) is 11.9. The topological polar surface area (TPSA) is 9.86 Å². The van der Waals surface area contributed by atoms with Crippen LogP contribution in [0, 0.1) is 0 Å². The molecule has 2 nitrogen and oxygen atoms in total. The molecule has 6 heterocycles. The monoisotopic (exact) mass is 730 g/mol. The van der Waals surface area contributed by atoms with Gasteiger partial charge in [-0.15, -0.1) is 0 Å². The molecule has 0 atom stereocenters. The van der Waals surface area contributed by atoms with E-state index in [1.165, 1.54) is 94.5 Å². The van der Waals surface area contributed by atoms with E-state index in [-0.39, 0.29) is 0 Å². The number of thiophene rings is 4. The summed E-state index contributed by atoms with van der Waals surface area (Å²) in [6.07, 6.45) is 3.45. The Morgan fingerprint density at radius 2 is 0.608 bits per heavy atom. The van der Waals surface area contributed by atoms with E-state index in [1.54, 1.807) is 45.3 Å². The van der Waals surface area contributed by atoms with Gasteiger partial charge in [0.1, 0.15) is 0 Å². The van der Waals surface area contributed by atoms with Gasteiger partial charge in [-0.1, -0.05) is 24.3 Å². The molecule has 248 valence electrons. The Bertz CT molecular complexity index is 2380. The van der Waals surface area contributed by atoms with Crippen LogP contribution in [0.4, 0.5) is 0 Å². The van der Waals surface area contributed by atoms with Crippen LogP contribution in [0.1, 0.15) is 19.3 Å². The fourth-order valence-corrected chi connectivity index (χ4v) is 10.5. The summed E-state index contributed by atoms with van der Waals surface area (Å²) in [5.74, 6) is 0. The first kappa shape index (κ1) is 31.1. The van der Waals surface area contributed by atoms with E-state index in [0.717, 1.165) is 25.9 Å². The molecule has 6 heteroatoms. The molecule has 10 aromatic rings. The van der Waals surface area contributed by atoms with E-state index < -0.39 is 0 Å². The average Bonchev–Trinajstić information content (AvgIpc) is 4.03. The van der Waals surface area contributed by atoms with Crippen molar-refractivity contribution < 1.29 is 0 Å². The first-order valence-corrected chi connectivity index (χ1v) is 21.3. The SMILES string of the molecule is c1cc(-c2ccc3c(c2)c2cc(-c4ccsc4)ccc2n3CCCCCn2c3ccc(-c4ccsc4)cc3c3cc(-c4ccsc4)ccc32)cs1. The number of unbranched alkanes of at least 4 members (excludes halogenated alkanes) is 2. The quantitative estimate of drug-likeness (QED) is 0.124. The van der Waals surface area contributed by atoms with Crippen LogP contribution in [0.25, 0.3) is 88.1 Å². The minimum Gasteiger partial charge on any atom is -0.340 e. The van der Waals surface area contributed by atoms with Crippen molar-refractivity contribution in [2.45, 2.75) is 32.4 Å². The van der Waals surface area contributed by atoms with Crippen LogP contribution < -0.4 is 0 Å². The Morgan fingerprint density at radius 3 is 0.863 bits per heavy atom. The van der Waals surface area contributed by atoms with E-state index in [4.69, 9.17) is 0 Å². The molecule has 4 aromatic carbocycles. The Hall–Kier alpha value is -4.72. The van der Waals surface area contributed by atoms with Gasteiger partial charge in [-0.05, 0) is 180 Å². The molecule has 0 saturated carbocycles. The number of rotatable bonds is 10. The smallest absolute Gasteiger partial charge is 0.0491 e. The number of nitrogens with zero attached hydrogens (tertiary/aromatic N) is 2. The Labute approximate surface area is 313 Å². The van der Waals surface area contributed by atoms with E-state index >= 15 is 0 Å². The van der Waals surface area contributed by atoms with Crippen molar-refractivity contribution in [2.24, 2.45) is 0 Å². The molecule has 0 spiro atoms. The predicted octanol–water partition coefficient (Wildman–Crippen LogP) is 14.7. The summed E-state index contributed by atoms with van der Waals surface area (Å²) >= 11 is 7.04. The van der Waals surface area contributed by atoms with E-state index in [1.807, 2.05) is 0 Å². The zero-order chi connectivity index (χ0) is 33.7. The number of hydrogen-bond acceptors (Lipinski definition) is 4. The maximum Gasteiger partial charge on any atom is 0.0491 e. The number of hydrogen-bond donors (Lipinski definition) is 0. The second-order valence-electron chi connectivity index (χ2n) is 13.3. The summed E-state index contributed by atoms with van der Waals surface area (Å²) in [6.45, 7) is 2.02.